The van der Waals surface area contributed by atoms with Gasteiger partial charge < -0.3 is 18.9 Å². The van der Waals surface area contributed by atoms with Crippen molar-refractivity contribution in [1.29, 1.82) is 5.26 Å². The second-order valence-electron chi connectivity index (χ2n) is 10.7. The molecule has 3 atom stereocenters. The molecule has 6 rings (SSSR count). The number of piperidine rings is 1. The van der Waals surface area contributed by atoms with E-state index < -0.39 is 0 Å². The summed E-state index contributed by atoms with van der Waals surface area (Å²) < 4.78 is 17.1. The van der Waals surface area contributed by atoms with Gasteiger partial charge in [0.25, 0.3) is 0 Å². The third kappa shape index (κ3) is 5.14. The van der Waals surface area contributed by atoms with Crippen molar-refractivity contribution in [3.63, 3.8) is 0 Å². The fourth-order valence-corrected chi connectivity index (χ4v) is 6.65. The Bertz CT molecular complexity index is 1420. The molecule has 2 heterocycles. The number of methoxy groups -OCH3 is 1. The molecule has 3 fully saturated rings. The normalized spacial score (nSPS) is 21.8. The lowest BCUT2D eigenvalue weighted by Gasteiger charge is -2.34. The van der Waals surface area contributed by atoms with Crippen LogP contribution in [0.1, 0.15) is 60.5 Å². The first-order chi connectivity index (χ1) is 19.0. The van der Waals surface area contributed by atoms with Crippen molar-refractivity contribution in [2.75, 3.05) is 18.6 Å². The van der Waals surface area contributed by atoms with Crippen LogP contribution in [0.3, 0.4) is 0 Å². The number of rotatable bonds is 9. The van der Waals surface area contributed by atoms with Crippen LogP contribution in [-0.2, 0) is 27.3 Å². The van der Waals surface area contributed by atoms with Crippen LogP contribution in [0.2, 0.25) is 10.0 Å². The maximum absolute atomic E-state index is 11.5. The lowest BCUT2D eigenvalue weighted by Crippen LogP contribution is -2.39. The predicted octanol–water partition coefficient (Wildman–Crippen LogP) is 6.69. The molecule has 2 saturated carbocycles. The number of carbonyl (C=O) groups is 1. The number of hydrogen-bond donors (Lipinski definition) is 0. The zero-order valence-corrected chi connectivity index (χ0v) is 23.2. The van der Waals surface area contributed by atoms with Gasteiger partial charge in [-0.15, -0.1) is 0 Å². The Labute approximate surface area is 237 Å². The molecule has 0 unspecified atom stereocenters. The maximum Gasteiger partial charge on any atom is 0.305 e. The van der Waals surface area contributed by atoms with Gasteiger partial charge in [0.1, 0.15) is 17.5 Å². The summed E-state index contributed by atoms with van der Waals surface area (Å²) >= 11 is 13.0. The first kappa shape index (κ1) is 26.2. The average Bonchev–Trinajstić information content (AvgIpc) is 3.40. The molecule has 1 aromatic heterocycles. The summed E-state index contributed by atoms with van der Waals surface area (Å²) in [6.45, 7) is 1.24. The molecule has 1 saturated heterocycles. The molecular formula is C30H29Cl2N3O4. The Hall–Kier alpha value is -3.05. The van der Waals surface area contributed by atoms with Crippen LogP contribution >= 0.6 is 23.2 Å². The molecule has 2 aromatic carbocycles. The van der Waals surface area contributed by atoms with Gasteiger partial charge in [-0.2, -0.15) is 5.26 Å². The van der Waals surface area contributed by atoms with Crippen molar-refractivity contribution in [3.8, 4) is 17.3 Å². The van der Waals surface area contributed by atoms with E-state index >= 15 is 0 Å². The second kappa shape index (κ2) is 10.8. The zero-order chi connectivity index (χ0) is 27.1. The number of carbonyl (C=O) groups excluding carboxylic acids is 1. The molecule has 202 valence electrons. The van der Waals surface area contributed by atoms with Crippen LogP contribution < -0.4 is 4.90 Å². The maximum atomic E-state index is 11.5. The van der Waals surface area contributed by atoms with E-state index in [9.17, 15) is 10.1 Å². The Kier molecular flexibility index (Phi) is 7.28. The standard InChI is InChI=1S/C30H29Cl2N3O4/c1-37-27(36)10-6-17-5-9-25(19(11-17)14-33)35-15-20-12-21(35)13-26(20)38-16-22-29(34-39-30(22)18-7-8-18)28-23(31)3-2-4-24(28)32/h2-5,9,11,18,20-21,26H,6-8,10,12-13,15-16H2,1H3/t20-,21-,26+/m0/s1. The van der Waals surface area contributed by atoms with Gasteiger partial charge >= 0.3 is 5.97 Å². The number of hydrogen-bond acceptors (Lipinski definition) is 7. The van der Waals surface area contributed by atoms with Crippen LogP contribution in [0.15, 0.2) is 40.9 Å². The lowest BCUT2D eigenvalue weighted by molar-refractivity contribution is -0.140. The van der Waals surface area contributed by atoms with Crippen LogP contribution in [0.5, 0.6) is 0 Å². The topological polar surface area (TPSA) is 88.6 Å². The highest BCUT2D eigenvalue weighted by atomic mass is 35.5. The van der Waals surface area contributed by atoms with E-state index in [0.29, 0.717) is 64.2 Å². The molecular weight excluding hydrogens is 537 g/mol. The Morgan fingerprint density at radius 1 is 1.21 bits per heavy atom. The monoisotopic (exact) mass is 565 g/mol. The zero-order valence-electron chi connectivity index (χ0n) is 21.7. The molecule has 39 heavy (non-hydrogen) atoms. The Morgan fingerprint density at radius 3 is 2.67 bits per heavy atom. The number of esters is 1. The highest BCUT2D eigenvalue weighted by Gasteiger charge is 2.46. The van der Waals surface area contributed by atoms with E-state index in [2.05, 4.69) is 16.1 Å². The number of nitriles is 1. The van der Waals surface area contributed by atoms with Crippen LogP contribution in [-0.4, -0.2) is 36.9 Å². The number of benzene rings is 2. The van der Waals surface area contributed by atoms with E-state index in [4.69, 9.17) is 37.2 Å². The van der Waals surface area contributed by atoms with Gasteiger partial charge in [-0.25, -0.2) is 0 Å². The first-order valence-electron chi connectivity index (χ1n) is 13.4. The molecule has 1 aliphatic heterocycles. The summed E-state index contributed by atoms with van der Waals surface area (Å²) in [5, 5.41) is 15.3. The van der Waals surface area contributed by atoms with Gasteiger partial charge in [0, 0.05) is 42.0 Å². The summed E-state index contributed by atoms with van der Waals surface area (Å²) in [6.07, 6.45) is 5.07. The van der Waals surface area contributed by atoms with Crippen molar-refractivity contribution >= 4 is 34.9 Å². The SMILES string of the molecule is COC(=O)CCc1ccc(N2C[C@@H]3C[C@H]2C[C@H]3OCc2c(-c3c(Cl)cccc3Cl)noc2C2CC2)c(C#N)c1. The van der Waals surface area contributed by atoms with Crippen molar-refractivity contribution in [2.24, 2.45) is 5.92 Å². The van der Waals surface area contributed by atoms with Crippen LogP contribution in [0.25, 0.3) is 11.3 Å². The summed E-state index contributed by atoms with van der Waals surface area (Å²) in [5.74, 6) is 1.38. The fourth-order valence-electron chi connectivity index (χ4n) is 6.07. The van der Waals surface area contributed by atoms with Gasteiger partial charge in [0.05, 0.1) is 41.1 Å². The fraction of sp³-hybridized carbons (Fsp3) is 0.433. The quantitative estimate of drug-likeness (QED) is 0.267. The molecule has 0 N–H and O–H groups in total. The summed E-state index contributed by atoms with van der Waals surface area (Å²) in [6, 6.07) is 14.0. The van der Waals surface area contributed by atoms with Crippen LogP contribution in [0, 0.1) is 17.2 Å². The predicted molar refractivity (Wildman–Crippen MR) is 148 cm³/mol. The number of ether oxygens (including phenoxy) is 2. The highest BCUT2D eigenvalue weighted by molar-refractivity contribution is 6.39. The Morgan fingerprint density at radius 2 is 2.00 bits per heavy atom. The molecule has 0 amide bonds. The first-order valence-corrected chi connectivity index (χ1v) is 14.1. The van der Waals surface area contributed by atoms with Gasteiger partial charge in [-0.3, -0.25) is 4.79 Å². The summed E-state index contributed by atoms with van der Waals surface area (Å²) in [7, 11) is 1.39. The van der Waals surface area contributed by atoms with E-state index in [1.54, 1.807) is 0 Å². The smallest absolute Gasteiger partial charge is 0.305 e. The number of anilines is 1. The minimum atomic E-state index is -0.252. The molecule has 0 radical (unpaired) electrons. The molecule has 0 spiro atoms. The van der Waals surface area contributed by atoms with E-state index in [1.165, 1.54) is 7.11 Å². The van der Waals surface area contributed by atoms with E-state index in [1.807, 2.05) is 36.4 Å². The number of fused-ring (bicyclic) bond motifs is 2. The van der Waals surface area contributed by atoms with Gasteiger partial charge in [0.2, 0.25) is 0 Å². The third-order valence-electron chi connectivity index (χ3n) is 8.22. The molecule has 3 aliphatic rings. The minimum absolute atomic E-state index is 0.118. The number of halogens is 2. The van der Waals surface area contributed by atoms with Crippen LogP contribution in [0.4, 0.5) is 5.69 Å². The Balaban J connectivity index is 1.15. The molecule has 9 heteroatoms. The minimum Gasteiger partial charge on any atom is -0.469 e. The summed E-state index contributed by atoms with van der Waals surface area (Å²) in [5.41, 5.74) is 4.86. The van der Waals surface area contributed by atoms with Crippen molar-refractivity contribution < 1.29 is 18.8 Å². The summed E-state index contributed by atoms with van der Waals surface area (Å²) in [4.78, 5) is 13.9. The van der Waals surface area contributed by atoms with E-state index in [-0.39, 0.29) is 12.1 Å². The molecule has 2 aliphatic carbocycles. The van der Waals surface area contributed by atoms with Crippen molar-refractivity contribution in [3.05, 3.63) is 68.9 Å². The molecule has 2 bridgehead atoms. The van der Waals surface area contributed by atoms with Crippen molar-refractivity contribution in [2.45, 2.75) is 63.2 Å². The molecule has 3 aromatic rings. The average molecular weight is 566 g/mol. The highest BCUT2D eigenvalue weighted by Crippen LogP contribution is 2.47. The lowest BCUT2D eigenvalue weighted by atomic mass is 10.0. The number of aryl methyl sites for hydroxylation is 1. The largest absolute Gasteiger partial charge is 0.469 e. The van der Waals surface area contributed by atoms with Gasteiger partial charge in [0.15, 0.2) is 0 Å². The van der Waals surface area contributed by atoms with E-state index in [0.717, 1.165) is 54.8 Å². The third-order valence-corrected chi connectivity index (χ3v) is 8.85. The molecule has 7 nitrogen and oxygen atoms in total. The number of aromatic nitrogens is 1. The van der Waals surface area contributed by atoms with Gasteiger partial charge in [-0.1, -0.05) is 40.5 Å². The number of nitrogens with zero attached hydrogens (tertiary/aromatic N) is 3. The van der Waals surface area contributed by atoms with Crippen molar-refractivity contribution in [1.82, 2.24) is 5.16 Å². The second-order valence-corrected chi connectivity index (χ2v) is 11.5. The van der Waals surface area contributed by atoms with Gasteiger partial charge in [-0.05, 0) is 61.9 Å².